The van der Waals surface area contributed by atoms with E-state index >= 15 is 0 Å². The predicted octanol–water partition coefficient (Wildman–Crippen LogP) is 4.89. The maximum atomic E-state index is 12.6. The van der Waals surface area contributed by atoms with Gasteiger partial charge in [-0.15, -0.1) is 0 Å². The third-order valence-corrected chi connectivity index (χ3v) is 5.28. The summed E-state index contributed by atoms with van der Waals surface area (Å²) in [4.78, 5) is 30.9. The molecule has 0 radical (unpaired) electrons. The highest BCUT2D eigenvalue weighted by atomic mass is 32.2. The first-order valence-corrected chi connectivity index (χ1v) is 9.71. The number of hydrogen-bond acceptors (Lipinski definition) is 4. The van der Waals surface area contributed by atoms with Crippen molar-refractivity contribution in [1.29, 1.82) is 0 Å². The Balaban J connectivity index is 1.41. The first-order chi connectivity index (χ1) is 13.6. The zero-order valence-electron chi connectivity index (χ0n) is 15.3. The van der Waals surface area contributed by atoms with Crippen LogP contribution in [0.2, 0.25) is 0 Å². The number of amides is 3. The van der Waals surface area contributed by atoms with Crippen molar-refractivity contribution in [3.63, 3.8) is 0 Å². The number of carbonyl (C=O) groups is 2. The molecule has 3 amide bonds. The van der Waals surface area contributed by atoms with E-state index in [1.165, 1.54) is 17.3 Å². The van der Waals surface area contributed by atoms with E-state index in [-0.39, 0.29) is 24.6 Å². The van der Waals surface area contributed by atoms with E-state index in [1.807, 2.05) is 73.7 Å². The molecule has 0 spiro atoms. The molecular formula is C22H18N2O3S. The molecular weight excluding hydrogens is 372 g/mol. The molecule has 1 aromatic heterocycles. The van der Waals surface area contributed by atoms with Gasteiger partial charge >= 0.3 is 6.03 Å². The van der Waals surface area contributed by atoms with E-state index in [0.29, 0.717) is 5.76 Å². The number of aliphatic imine (C=N–C) groups is 1. The number of urea groups is 1. The fourth-order valence-corrected chi connectivity index (χ4v) is 3.67. The van der Waals surface area contributed by atoms with Crippen molar-refractivity contribution in [2.75, 3.05) is 0 Å². The molecule has 0 atom stereocenters. The summed E-state index contributed by atoms with van der Waals surface area (Å²) in [7, 11) is 0. The summed E-state index contributed by atoms with van der Waals surface area (Å²) in [5, 5.41) is 0.734. The number of nitrogens with zero attached hydrogens (tertiary/aromatic N) is 2. The monoisotopic (exact) mass is 390 g/mol. The van der Waals surface area contributed by atoms with E-state index in [9.17, 15) is 9.59 Å². The van der Waals surface area contributed by atoms with Crippen LogP contribution < -0.4 is 0 Å². The number of benzene rings is 2. The van der Waals surface area contributed by atoms with Gasteiger partial charge in [-0.3, -0.25) is 9.69 Å². The van der Waals surface area contributed by atoms with Crippen LogP contribution in [0.4, 0.5) is 4.79 Å². The molecule has 0 saturated carbocycles. The van der Waals surface area contributed by atoms with E-state index < -0.39 is 6.03 Å². The first-order valence-electron chi connectivity index (χ1n) is 8.89. The molecule has 4 rings (SSSR count). The Hall–Kier alpha value is -3.12. The average molecular weight is 390 g/mol. The fraction of sp³-hybridized carbons (Fsp3) is 0.136. The Bertz CT molecular complexity index is 1040. The van der Waals surface area contributed by atoms with Crippen molar-refractivity contribution in [3.05, 3.63) is 83.6 Å². The number of carbonyl (C=O) groups excluding carboxylic acids is 2. The summed E-state index contributed by atoms with van der Waals surface area (Å²) in [6.07, 6.45) is 0.199. The zero-order valence-corrected chi connectivity index (χ0v) is 16.1. The lowest BCUT2D eigenvalue weighted by atomic mass is 10.2. The standard InChI is InChI=1S/C22H18N2O3S/c1-15-7-10-18(11-8-15)28-20-12-9-17(27-20)13-19-21(25)24(22(26)23-19)14-16-5-3-2-4-6-16/h2-12H,13-14H2,1H3. The average Bonchev–Trinajstić information content (AvgIpc) is 3.24. The molecule has 28 heavy (non-hydrogen) atoms. The molecule has 1 aliphatic heterocycles. The highest BCUT2D eigenvalue weighted by molar-refractivity contribution is 7.99. The maximum absolute atomic E-state index is 12.6. The Morgan fingerprint density at radius 3 is 2.46 bits per heavy atom. The highest BCUT2D eigenvalue weighted by Gasteiger charge is 2.33. The van der Waals surface area contributed by atoms with E-state index in [4.69, 9.17) is 4.42 Å². The third kappa shape index (κ3) is 4.07. The Kier molecular flexibility index (Phi) is 5.12. The lowest BCUT2D eigenvalue weighted by Crippen LogP contribution is -2.32. The van der Waals surface area contributed by atoms with Crippen LogP contribution in [-0.2, 0) is 17.8 Å². The van der Waals surface area contributed by atoms with Gasteiger partial charge in [-0.25, -0.2) is 4.79 Å². The van der Waals surface area contributed by atoms with Crippen LogP contribution in [0.3, 0.4) is 0 Å². The molecule has 0 saturated heterocycles. The second-order valence-corrected chi connectivity index (χ2v) is 7.61. The largest absolute Gasteiger partial charge is 0.454 e. The molecule has 0 aliphatic carbocycles. The summed E-state index contributed by atoms with van der Waals surface area (Å²) in [5.74, 6) is 0.245. The van der Waals surface area contributed by atoms with Crippen molar-refractivity contribution in [2.24, 2.45) is 4.99 Å². The lowest BCUT2D eigenvalue weighted by Gasteiger charge is -2.12. The minimum absolute atomic E-state index is 0.199. The van der Waals surface area contributed by atoms with Crippen LogP contribution in [0.15, 0.2) is 86.1 Å². The van der Waals surface area contributed by atoms with Crippen molar-refractivity contribution in [1.82, 2.24) is 4.90 Å². The maximum Gasteiger partial charge on any atom is 0.351 e. The van der Waals surface area contributed by atoms with E-state index in [1.54, 1.807) is 0 Å². The molecule has 0 fully saturated rings. The van der Waals surface area contributed by atoms with Gasteiger partial charge in [0.2, 0.25) is 0 Å². The molecule has 6 heteroatoms. The quantitative estimate of drug-likeness (QED) is 0.601. The molecule has 5 nitrogen and oxygen atoms in total. The predicted molar refractivity (Wildman–Crippen MR) is 108 cm³/mol. The minimum Gasteiger partial charge on any atom is -0.454 e. The van der Waals surface area contributed by atoms with Crippen LogP contribution in [-0.4, -0.2) is 22.5 Å². The summed E-state index contributed by atoms with van der Waals surface area (Å²) < 4.78 is 5.82. The van der Waals surface area contributed by atoms with Crippen LogP contribution in [0, 0.1) is 6.92 Å². The Morgan fingerprint density at radius 2 is 1.71 bits per heavy atom. The Labute approximate surface area is 167 Å². The van der Waals surface area contributed by atoms with Crippen molar-refractivity contribution in [2.45, 2.75) is 29.9 Å². The number of furan rings is 1. The lowest BCUT2D eigenvalue weighted by molar-refractivity contribution is -0.121. The summed E-state index contributed by atoms with van der Waals surface area (Å²) in [6, 6.07) is 20.7. The van der Waals surface area contributed by atoms with E-state index in [0.717, 1.165) is 20.5 Å². The van der Waals surface area contributed by atoms with Gasteiger partial charge in [0, 0.05) is 4.90 Å². The molecule has 0 bridgehead atoms. The minimum atomic E-state index is -0.523. The normalized spacial score (nSPS) is 13.9. The molecule has 2 aromatic carbocycles. The van der Waals surface area contributed by atoms with E-state index in [2.05, 4.69) is 4.99 Å². The molecule has 140 valence electrons. The smallest absolute Gasteiger partial charge is 0.351 e. The van der Waals surface area contributed by atoms with Gasteiger partial charge in [-0.2, -0.15) is 4.99 Å². The summed E-state index contributed by atoms with van der Waals surface area (Å²) in [5.41, 5.74) is 2.30. The van der Waals surface area contributed by atoms with Crippen LogP contribution >= 0.6 is 11.8 Å². The second-order valence-electron chi connectivity index (χ2n) is 6.53. The number of imide groups is 1. The first kappa shape index (κ1) is 18.3. The van der Waals surface area contributed by atoms with Crippen molar-refractivity contribution >= 4 is 29.4 Å². The number of aryl methyl sites for hydroxylation is 1. The van der Waals surface area contributed by atoms with Gasteiger partial charge in [-0.1, -0.05) is 59.8 Å². The van der Waals surface area contributed by atoms with Gasteiger partial charge in [0.25, 0.3) is 5.91 Å². The Morgan fingerprint density at radius 1 is 0.964 bits per heavy atom. The molecule has 1 aliphatic rings. The van der Waals surface area contributed by atoms with Crippen LogP contribution in [0.5, 0.6) is 0 Å². The second kappa shape index (κ2) is 7.86. The summed E-state index contributed by atoms with van der Waals surface area (Å²) in [6.45, 7) is 2.26. The fourth-order valence-electron chi connectivity index (χ4n) is 2.88. The topological polar surface area (TPSA) is 62.9 Å². The van der Waals surface area contributed by atoms with Gasteiger partial charge in [-0.05, 0) is 36.8 Å². The summed E-state index contributed by atoms with van der Waals surface area (Å²) >= 11 is 1.51. The van der Waals surface area contributed by atoms with Gasteiger partial charge in [0.15, 0.2) is 5.09 Å². The zero-order chi connectivity index (χ0) is 19.5. The third-order valence-electron chi connectivity index (χ3n) is 4.36. The van der Waals surface area contributed by atoms with Crippen LogP contribution in [0.1, 0.15) is 16.9 Å². The molecule has 0 unspecified atom stereocenters. The number of hydrogen-bond donors (Lipinski definition) is 0. The van der Waals surface area contributed by atoms with Gasteiger partial charge in [0.1, 0.15) is 11.5 Å². The molecule has 3 aromatic rings. The highest BCUT2D eigenvalue weighted by Crippen LogP contribution is 2.30. The van der Waals surface area contributed by atoms with Gasteiger partial charge in [0.05, 0.1) is 13.0 Å². The van der Waals surface area contributed by atoms with Gasteiger partial charge < -0.3 is 4.42 Å². The molecule has 0 N–H and O–H groups in total. The van der Waals surface area contributed by atoms with Crippen molar-refractivity contribution < 1.29 is 14.0 Å². The number of rotatable bonds is 6. The van der Waals surface area contributed by atoms with Crippen LogP contribution in [0.25, 0.3) is 0 Å². The van der Waals surface area contributed by atoms with Crippen molar-refractivity contribution in [3.8, 4) is 0 Å². The molecule has 2 heterocycles. The SMILES string of the molecule is Cc1ccc(Sc2ccc(CC3=NC(=O)N(Cc4ccccc4)C3=O)o2)cc1.